The molecule has 2 atom stereocenters. The molecule has 0 aliphatic heterocycles. The van der Waals surface area contributed by atoms with Crippen LogP contribution in [-0.2, 0) is 4.74 Å². The van der Waals surface area contributed by atoms with Crippen molar-refractivity contribution in [3.63, 3.8) is 0 Å². The first-order valence-electron chi connectivity index (χ1n) is 6.72. The first-order valence-corrected chi connectivity index (χ1v) is 6.72. The van der Waals surface area contributed by atoms with Crippen LogP contribution in [0, 0.1) is 5.92 Å². The van der Waals surface area contributed by atoms with Crippen molar-refractivity contribution in [3.05, 3.63) is 42.1 Å². The monoisotopic (exact) mass is 258 g/mol. The average Bonchev–Trinajstić information content (AvgIpc) is 2.43. The number of likely N-dealkylation sites (N-methyl/N-ethyl adjacent to an activating group) is 1. The smallest absolute Gasteiger partial charge is 0.0788 e. The van der Waals surface area contributed by atoms with Crippen LogP contribution in [0.3, 0.4) is 0 Å². The first kappa shape index (κ1) is 14.0. The Morgan fingerprint density at radius 3 is 2.63 bits per heavy atom. The van der Waals surface area contributed by atoms with Gasteiger partial charge in [0.05, 0.1) is 17.7 Å². The van der Waals surface area contributed by atoms with Gasteiger partial charge in [-0.05, 0) is 36.7 Å². The number of methoxy groups -OCH3 is 1. The van der Waals surface area contributed by atoms with Crippen LogP contribution in [0.25, 0.3) is 10.9 Å². The predicted molar refractivity (Wildman–Crippen MR) is 79.2 cm³/mol. The van der Waals surface area contributed by atoms with Crippen LogP contribution in [0.4, 0.5) is 0 Å². The number of nitrogens with one attached hydrogen (secondary N) is 1. The highest BCUT2D eigenvalue weighted by atomic mass is 16.5. The Balaban J connectivity index is 2.40. The molecule has 1 heterocycles. The van der Waals surface area contributed by atoms with Gasteiger partial charge in [-0.15, -0.1) is 0 Å². The lowest BCUT2D eigenvalue weighted by molar-refractivity contribution is 0.0349. The minimum atomic E-state index is 0.152. The summed E-state index contributed by atoms with van der Waals surface area (Å²) in [5.74, 6) is 0.451. The Morgan fingerprint density at radius 1 is 1.21 bits per heavy atom. The number of pyridine rings is 1. The van der Waals surface area contributed by atoms with Crippen LogP contribution in [0.2, 0.25) is 0 Å². The molecule has 0 saturated heterocycles. The number of aromatic nitrogens is 1. The molecule has 1 aromatic heterocycles. The molecular weight excluding hydrogens is 236 g/mol. The van der Waals surface area contributed by atoms with Crippen LogP contribution in [-0.4, -0.2) is 25.2 Å². The van der Waals surface area contributed by atoms with Crippen molar-refractivity contribution in [1.82, 2.24) is 10.3 Å². The molecule has 0 aliphatic rings. The number of nitrogens with zero attached hydrogens (tertiary/aromatic N) is 1. The maximum atomic E-state index is 5.65. The van der Waals surface area contributed by atoms with E-state index in [1.807, 2.05) is 19.3 Å². The third-order valence-corrected chi connectivity index (χ3v) is 3.55. The zero-order valence-electron chi connectivity index (χ0n) is 12.1. The van der Waals surface area contributed by atoms with E-state index in [2.05, 4.69) is 48.4 Å². The normalized spacial score (nSPS) is 14.8. The van der Waals surface area contributed by atoms with Gasteiger partial charge in [0.25, 0.3) is 0 Å². The maximum absolute atomic E-state index is 5.65. The lowest BCUT2D eigenvalue weighted by Gasteiger charge is -2.29. The summed E-state index contributed by atoms with van der Waals surface area (Å²) in [6.07, 6.45) is 1.98. The van der Waals surface area contributed by atoms with Crippen LogP contribution in [0.1, 0.15) is 25.5 Å². The second kappa shape index (κ2) is 6.13. The summed E-state index contributed by atoms with van der Waals surface area (Å²) < 4.78 is 5.65. The third kappa shape index (κ3) is 2.94. The summed E-state index contributed by atoms with van der Waals surface area (Å²) in [5.41, 5.74) is 2.27. The molecule has 19 heavy (non-hydrogen) atoms. The molecule has 2 aromatic rings. The number of ether oxygens (including phenoxy) is 1. The molecule has 0 amide bonds. The number of fused-ring (bicyclic) bond motifs is 1. The Hall–Kier alpha value is -1.45. The summed E-state index contributed by atoms with van der Waals surface area (Å²) in [7, 11) is 3.75. The molecule has 0 aliphatic carbocycles. The summed E-state index contributed by atoms with van der Waals surface area (Å²) in [5, 5.41) is 4.54. The van der Waals surface area contributed by atoms with Gasteiger partial charge < -0.3 is 10.1 Å². The number of hydrogen-bond donors (Lipinski definition) is 1. The van der Waals surface area contributed by atoms with Crippen LogP contribution < -0.4 is 5.32 Å². The van der Waals surface area contributed by atoms with Crippen molar-refractivity contribution in [2.45, 2.75) is 26.0 Å². The third-order valence-electron chi connectivity index (χ3n) is 3.55. The van der Waals surface area contributed by atoms with Crippen molar-refractivity contribution < 1.29 is 4.74 Å². The molecule has 1 N–H and O–H groups in total. The first-order chi connectivity index (χ1) is 9.17. The fourth-order valence-electron chi connectivity index (χ4n) is 2.60. The minimum Gasteiger partial charge on any atom is -0.379 e. The lowest BCUT2D eigenvalue weighted by atomic mass is 9.93. The Labute approximate surface area is 115 Å². The van der Waals surface area contributed by atoms with Gasteiger partial charge in [-0.3, -0.25) is 4.98 Å². The summed E-state index contributed by atoms with van der Waals surface area (Å²) >= 11 is 0. The number of rotatable bonds is 5. The van der Waals surface area contributed by atoms with Gasteiger partial charge in [0.15, 0.2) is 0 Å². The molecule has 0 fully saturated rings. The van der Waals surface area contributed by atoms with Crippen LogP contribution in [0.15, 0.2) is 36.5 Å². The second-order valence-corrected chi connectivity index (χ2v) is 5.17. The highest BCUT2D eigenvalue weighted by Crippen LogP contribution is 2.26. The summed E-state index contributed by atoms with van der Waals surface area (Å²) in [6.45, 7) is 4.36. The molecule has 0 saturated carbocycles. The molecule has 3 nitrogen and oxygen atoms in total. The Kier molecular flexibility index (Phi) is 4.51. The van der Waals surface area contributed by atoms with Crippen molar-refractivity contribution in [2.24, 2.45) is 5.92 Å². The predicted octanol–water partition coefficient (Wildman–Crippen LogP) is 3.17. The Bertz CT molecular complexity index is 539. The zero-order valence-corrected chi connectivity index (χ0v) is 12.1. The lowest BCUT2D eigenvalue weighted by Crippen LogP contribution is -2.34. The molecule has 0 radical (unpaired) electrons. The van der Waals surface area contributed by atoms with E-state index < -0.39 is 0 Å². The van der Waals surface area contributed by atoms with E-state index in [-0.39, 0.29) is 12.1 Å². The fraction of sp³-hybridized carbons (Fsp3) is 0.438. The topological polar surface area (TPSA) is 34.2 Å². The van der Waals surface area contributed by atoms with Gasteiger partial charge in [-0.1, -0.05) is 26.0 Å². The second-order valence-electron chi connectivity index (χ2n) is 5.17. The van der Waals surface area contributed by atoms with E-state index in [0.717, 1.165) is 5.52 Å². The van der Waals surface area contributed by atoms with E-state index in [0.29, 0.717) is 5.92 Å². The maximum Gasteiger partial charge on any atom is 0.0788 e. The van der Waals surface area contributed by atoms with Crippen LogP contribution in [0.5, 0.6) is 0 Å². The SMILES string of the molecule is CNC(c1ccc2ncccc2c1)C(OC)C(C)C. The molecule has 102 valence electrons. The van der Waals surface area contributed by atoms with Gasteiger partial charge in [-0.2, -0.15) is 0 Å². The van der Waals surface area contributed by atoms with Gasteiger partial charge in [0, 0.05) is 18.7 Å². The van der Waals surface area contributed by atoms with Crippen molar-refractivity contribution in [2.75, 3.05) is 14.2 Å². The molecular formula is C16H22N2O. The van der Waals surface area contributed by atoms with Crippen molar-refractivity contribution in [1.29, 1.82) is 0 Å². The average molecular weight is 258 g/mol. The van der Waals surface area contributed by atoms with Gasteiger partial charge in [0.2, 0.25) is 0 Å². The molecule has 2 unspecified atom stereocenters. The van der Waals surface area contributed by atoms with Gasteiger partial charge in [0.1, 0.15) is 0 Å². The highest BCUT2D eigenvalue weighted by Gasteiger charge is 2.24. The summed E-state index contributed by atoms with van der Waals surface area (Å²) in [4.78, 5) is 4.36. The van der Waals surface area contributed by atoms with Gasteiger partial charge in [-0.25, -0.2) is 0 Å². The van der Waals surface area contributed by atoms with E-state index in [4.69, 9.17) is 4.74 Å². The van der Waals surface area contributed by atoms with Crippen molar-refractivity contribution in [3.8, 4) is 0 Å². The van der Waals surface area contributed by atoms with Crippen LogP contribution >= 0.6 is 0 Å². The highest BCUT2D eigenvalue weighted by molar-refractivity contribution is 5.79. The minimum absolute atomic E-state index is 0.152. The molecule has 0 spiro atoms. The molecule has 3 heteroatoms. The zero-order chi connectivity index (χ0) is 13.8. The molecule has 0 bridgehead atoms. The molecule has 1 aromatic carbocycles. The van der Waals surface area contributed by atoms with E-state index >= 15 is 0 Å². The standard InChI is InChI=1S/C16H22N2O/c1-11(2)16(19-4)15(17-3)13-7-8-14-12(10-13)6-5-9-18-14/h5-11,15-17H,1-4H3. The number of benzene rings is 1. The van der Waals surface area contributed by atoms with E-state index in [1.165, 1.54) is 10.9 Å². The van der Waals surface area contributed by atoms with E-state index in [1.54, 1.807) is 7.11 Å². The fourth-order valence-corrected chi connectivity index (χ4v) is 2.60. The number of hydrogen-bond acceptors (Lipinski definition) is 3. The Morgan fingerprint density at radius 2 is 2.00 bits per heavy atom. The molecule has 2 rings (SSSR count). The quantitative estimate of drug-likeness (QED) is 0.894. The van der Waals surface area contributed by atoms with Crippen molar-refractivity contribution >= 4 is 10.9 Å². The largest absolute Gasteiger partial charge is 0.379 e. The summed E-state index contributed by atoms with van der Waals surface area (Å²) in [6, 6.07) is 10.6. The van der Waals surface area contributed by atoms with Gasteiger partial charge >= 0.3 is 0 Å². The van der Waals surface area contributed by atoms with E-state index in [9.17, 15) is 0 Å².